The number of nitrogens with one attached hydrogen (secondary N) is 1. The van der Waals surface area contributed by atoms with Gasteiger partial charge in [-0.05, 0) is 65.2 Å². The van der Waals surface area contributed by atoms with Crippen LogP contribution >= 0.6 is 15.9 Å². The van der Waals surface area contributed by atoms with Crippen molar-refractivity contribution >= 4 is 56.3 Å². The fourth-order valence-corrected chi connectivity index (χ4v) is 4.84. The van der Waals surface area contributed by atoms with E-state index < -0.39 is 17.8 Å². The second-order valence-corrected chi connectivity index (χ2v) is 9.64. The molecule has 8 heteroatoms. The molecule has 0 spiro atoms. The van der Waals surface area contributed by atoms with Crippen LogP contribution in [0.2, 0.25) is 0 Å². The zero-order chi connectivity index (χ0) is 26.8. The SMILES string of the molecule is COc1ccc(/C=C2/C(=O)NC(=O)N(c3ccc(Br)cc3C)C2=O)c(OCc2cccc3ccccc23)c1. The lowest BCUT2D eigenvalue weighted by Crippen LogP contribution is -2.54. The average Bonchev–Trinajstić information content (AvgIpc) is 2.91. The van der Waals surface area contributed by atoms with Gasteiger partial charge in [-0.2, -0.15) is 0 Å². The Bertz CT molecular complexity index is 1620. The average molecular weight is 571 g/mol. The molecular weight excluding hydrogens is 548 g/mol. The van der Waals surface area contributed by atoms with Crippen LogP contribution in [0.5, 0.6) is 11.5 Å². The maximum Gasteiger partial charge on any atom is 0.335 e. The molecule has 4 aromatic rings. The summed E-state index contributed by atoms with van der Waals surface area (Å²) >= 11 is 3.39. The molecule has 0 radical (unpaired) electrons. The van der Waals surface area contributed by atoms with E-state index in [1.54, 1.807) is 50.4 Å². The van der Waals surface area contributed by atoms with Crippen LogP contribution in [0.15, 0.2) is 88.9 Å². The molecule has 0 atom stereocenters. The van der Waals surface area contributed by atoms with E-state index in [1.165, 1.54) is 6.08 Å². The van der Waals surface area contributed by atoms with Crippen molar-refractivity contribution in [3.05, 3.63) is 106 Å². The van der Waals surface area contributed by atoms with Crippen LogP contribution in [-0.2, 0) is 16.2 Å². The number of amides is 4. The van der Waals surface area contributed by atoms with Gasteiger partial charge in [0.05, 0.1) is 12.8 Å². The number of methoxy groups -OCH3 is 1. The summed E-state index contributed by atoms with van der Waals surface area (Å²) in [6, 6.07) is 23.5. The number of ether oxygens (including phenoxy) is 2. The zero-order valence-electron chi connectivity index (χ0n) is 20.7. The van der Waals surface area contributed by atoms with E-state index >= 15 is 0 Å². The van der Waals surface area contributed by atoms with Crippen molar-refractivity contribution in [2.45, 2.75) is 13.5 Å². The summed E-state index contributed by atoms with van der Waals surface area (Å²) in [6.45, 7) is 2.04. The minimum Gasteiger partial charge on any atom is -0.497 e. The number of benzene rings is 4. The first kappa shape index (κ1) is 25.2. The summed E-state index contributed by atoms with van der Waals surface area (Å²) in [4.78, 5) is 39.9. The van der Waals surface area contributed by atoms with Crippen LogP contribution in [0.3, 0.4) is 0 Å². The molecule has 7 nitrogen and oxygen atoms in total. The van der Waals surface area contributed by atoms with Crippen LogP contribution in [-0.4, -0.2) is 25.0 Å². The largest absolute Gasteiger partial charge is 0.497 e. The van der Waals surface area contributed by atoms with Gasteiger partial charge in [0, 0.05) is 16.1 Å². The van der Waals surface area contributed by atoms with E-state index in [0.29, 0.717) is 28.3 Å². The molecule has 0 aliphatic carbocycles. The minimum atomic E-state index is -0.801. The van der Waals surface area contributed by atoms with Crippen molar-refractivity contribution in [3.63, 3.8) is 0 Å². The second-order valence-electron chi connectivity index (χ2n) is 8.72. The number of nitrogens with zero attached hydrogens (tertiary/aromatic N) is 1. The maximum atomic E-state index is 13.4. The Labute approximate surface area is 227 Å². The Kier molecular flexibility index (Phi) is 6.98. The van der Waals surface area contributed by atoms with E-state index in [9.17, 15) is 14.4 Å². The van der Waals surface area contributed by atoms with Crippen molar-refractivity contribution < 1.29 is 23.9 Å². The number of rotatable bonds is 6. The highest BCUT2D eigenvalue weighted by molar-refractivity contribution is 9.10. The molecule has 4 aromatic carbocycles. The van der Waals surface area contributed by atoms with Gasteiger partial charge >= 0.3 is 6.03 Å². The molecule has 1 heterocycles. The van der Waals surface area contributed by atoms with Gasteiger partial charge in [-0.15, -0.1) is 0 Å². The number of carbonyl (C=O) groups is 3. The summed E-state index contributed by atoms with van der Waals surface area (Å²) in [5.74, 6) is -0.516. The van der Waals surface area contributed by atoms with Crippen molar-refractivity contribution in [2.75, 3.05) is 12.0 Å². The fraction of sp³-hybridized carbons (Fsp3) is 0.100. The van der Waals surface area contributed by atoms with Gasteiger partial charge in [-0.1, -0.05) is 58.4 Å². The number of carbonyl (C=O) groups excluding carboxylic acids is 3. The molecule has 0 unspecified atom stereocenters. The molecule has 5 rings (SSSR count). The minimum absolute atomic E-state index is 0.188. The Morgan fingerprint density at radius 2 is 1.74 bits per heavy atom. The molecule has 1 aliphatic heterocycles. The van der Waals surface area contributed by atoms with Gasteiger partial charge < -0.3 is 9.47 Å². The lowest BCUT2D eigenvalue weighted by Gasteiger charge is -2.27. The first-order valence-electron chi connectivity index (χ1n) is 11.8. The maximum absolute atomic E-state index is 13.4. The summed E-state index contributed by atoms with van der Waals surface area (Å²) in [7, 11) is 1.55. The number of anilines is 1. The van der Waals surface area contributed by atoms with Crippen molar-refractivity contribution in [3.8, 4) is 11.5 Å². The van der Waals surface area contributed by atoms with Crippen LogP contribution < -0.4 is 19.7 Å². The second kappa shape index (κ2) is 10.5. The molecule has 1 N–H and O–H groups in total. The summed E-state index contributed by atoms with van der Waals surface area (Å²) in [5.41, 5.74) is 2.37. The van der Waals surface area contributed by atoms with E-state index in [4.69, 9.17) is 9.47 Å². The number of aryl methyl sites for hydroxylation is 1. The Balaban J connectivity index is 1.51. The highest BCUT2D eigenvalue weighted by atomic mass is 79.9. The number of halogens is 1. The van der Waals surface area contributed by atoms with Gasteiger partial charge in [-0.25, -0.2) is 9.69 Å². The standard InChI is InChI=1S/C30H23BrN2O5/c1-18-14-22(31)11-13-26(18)33-29(35)25(28(34)32-30(33)36)15-20-10-12-23(37-2)16-27(20)38-17-21-8-5-7-19-6-3-4-9-24(19)21/h3-16H,17H2,1-2H3,(H,32,34,36)/b25-15-. The van der Waals surface area contributed by atoms with Gasteiger partial charge in [0.1, 0.15) is 23.7 Å². The first-order valence-corrected chi connectivity index (χ1v) is 12.6. The number of imide groups is 2. The Hall–Kier alpha value is -4.43. The summed E-state index contributed by atoms with van der Waals surface area (Å²) < 4.78 is 12.4. The zero-order valence-corrected chi connectivity index (χ0v) is 22.2. The molecule has 4 amide bonds. The molecular formula is C30H23BrN2O5. The van der Waals surface area contributed by atoms with E-state index in [-0.39, 0.29) is 12.2 Å². The number of urea groups is 1. The summed E-state index contributed by atoms with van der Waals surface area (Å²) in [5, 5.41) is 4.44. The van der Waals surface area contributed by atoms with Crippen LogP contribution in [0.4, 0.5) is 10.5 Å². The first-order chi connectivity index (χ1) is 18.4. The molecule has 1 saturated heterocycles. The number of hydrogen-bond acceptors (Lipinski definition) is 5. The quantitative estimate of drug-likeness (QED) is 0.221. The molecule has 190 valence electrons. The predicted molar refractivity (Wildman–Crippen MR) is 149 cm³/mol. The highest BCUT2D eigenvalue weighted by Crippen LogP contribution is 2.31. The Morgan fingerprint density at radius 3 is 2.53 bits per heavy atom. The van der Waals surface area contributed by atoms with Gasteiger partial charge in [0.15, 0.2) is 0 Å². The van der Waals surface area contributed by atoms with Crippen molar-refractivity contribution in [1.29, 1.82) is 0 Å². The van der Waals surface area contributed by atoms with Gasteiger partial charge in [0.2, 0.25) is 0 Å². The topological polar surface area (TPSA) is 84.9 Å². The van der Waals surface area contributed by atoms with Crippen LogP contribution in [0, 0.1) is 6.92 Å². The third-order valence-electron chi connectivity index (χ3n) is 6.29. The smallest absolute Gasteiger partial charge is 0.335 e. The van der Waals surface area contributed by atoms with E-state index in [0.717, 1.165) is 25.7 Å². The fourth-order valence-electron chi connectivity index (χ4n) is 4.36. The molecule has 0 bridgehead atoms. The van der Waals surface area contributed by atoms with E-state index in [2.05, 4.69) is 21.2 Å². The monoisotopic (exact) mass is 570 g/mol. The normalized spacial score (nSPS) is 14.7. The third kappa shape index (κ3) is 4.90. The van der Waals surface area contributed by atoms with Crippen LogP contribution in [0.1, 0.15) is 16.7 Å². The van der Waals surface area contributed by atoms with Crippen molar-refractivity contribution in [1.82, 2.24) is 5.32 Å². The molecule has 0 saturated carbocycles. The lowest BCUT2D eigenvalue weighted by atomic mass is 10.0. The van der Waals surface area contributed by atoms with E-state index in [1.807, 2.05) is 42.5 Å². The van der Waals surface area contributed by atoms with Crippen molar-refractivity contribution in [2.24, 2.45) is 0 Å². The molecule has 0 aromatic heterocycles. The third-order valence-corrected chi connectivity index (χ3v) is 6.78. The Morgan fingerprint density at radius 1 is 0.947 bits per heavy atom. The predicted octanol–water partition coefficient (Wildman–Crippen LogP) is 6.16. The van der Waals surface area contributed by atoms with Crippen LogP contribution in [0.25, 0.3) is 16.8 Å². The van der Waals surface area contributed by atoms with Gasteiger partial charge in [-0.3, -0.25) is 14.9 Å². The molecule has 1 aliphatic rings. The number of hydrogen-bond donors (Lipinski definition) is 1. The van der Waals surface area contributed by atoms with Gasteiger partial charge in [0.25, 0.3) is 11.8 Å². The molecule has 1 fully saturated rings. The summed E-state index contributed by atoms with van der Waals surface area (Å²) in [6.07, 6.45) is 1.43. The number of barbiturate groups is 1. The lowest BCUT2D eigenvalue weighted by molar-refractivity contribution is -0.122. The molecule has 38 heavy (non-hydrogen) atoms. The number of fused-ring (bicyclic) bond motifs is 1. The highest BCUT2D eigenvalue weighted by Gasteiger charge is 2.37.